The number of carbonyl (C=O) groups excluding carboxylic acids is 2. The van der Waals surface area contributed by atoms with Gasteiger partial charge in [-0.1, -0.05) is 73.9 Å². The molecule has 1 N–H and O–H groups in total. The second kappa shape index (κ2) is 15.1. The second-order valence-electron chi connectivity index (χ2n) is 11.4. The standard InChI is InChI=1S/C34H42FN3O4S/c1-26-12-9-10-15-28(26)25-37(33(39)18-11-23-38(43(2,41)42)31-21-19-29(35)20-22-31)32(24-27-13-5-3-6-14-27)34(40)36-30-16-7-4-8-17-30/h3,5-6,9-10,12-15,19-22,30,32H,4,7-8,11,16-18,23-25H2,1-2H3,(H,36,40)/t32-/m1/s1. The van der Waals surface area contributed by atoms with E-state index in [2.05, 4.69) is 5.32 Å². The van der Waals surface area contributed by atoms with Crippen molar-refractivity contribution < 1.29 is 22.4 Å². The summed E-state index contributed by atoms with van der Waals surface area (Å²) in [5.74, 6) is -0.854. The molecular weight excluding hydrogens is 565 g/mol. The van der Waals surface area contributed by atoms with E-state index in [1.54, 1.807) is 4.90 Å². The quantitative estimate of drug-likeness (QED) is 0.267. The van der Waals surface area contributed by atoms with E-state index < -0.39 is 21.9 Å². The van der Waals surface area contributed by atoms with Crippen LogP contribution in [0.4, 0.5) is 10.1 Å². The summed E-state index contributed by atoms with van der Waals surface area (Å²) >= 11 is 0. The number of hydrogen-bond donors (Lipinski definition) is 1. The molecule has 0 unspecified atom stereocenters. The summed E-state index contributed by atoms with van der Waals surface area (Å²) in [5.41, 5.74) is 3.25. The van der Waals surface area contributed by atoms with Crippen LogP contribution in [0.2, 0.25) is 0 Å². The van der Waals surface area contributed by atoms with Crippen LogP contribution in [0.15, 0.2) is 78.9 Å². The molecule has 1 atom stereocenters. The molecule has 3 aromatic carbocycles. The predicted octanol–water partition coefficient (Wildman–Crippen LogP) is 5.77. The fourth-order valence-corrected chi connectivity index (χ4v) is 6.65. The lowest BCUT2D eigenvalue weighted by molar-refractivity contribution is -0.141. The van der Waals surface area contributed by atoms with E-state index in [1.165, 1.54) is 35.0 Å². The maximum Gasteiger partial charge on any atom is 0.243 e. The Morgan fingerprint density at radius 2 is 1.58 bits per heavy atom. The number of anilines is 1. The zero-order chi connectivity index (χ0) is 30.8. The molecule has 0 aromatic heterocycles. The highest BCUT2D eigenvalue weighted by Crippen LogP contribution is 2.23. The van der Waals surface area contributed by atoms with Crippen LogP contribution in [0.3, 0.4) is 0 Å². The van der Waals surface area contributed by atoms with Gasteiger partial charge in [-0.3, -0.25) is 13.9 Å². The van der Waals surface area contributed by atoms with Crippen LogP contribution < -0.4 is 9.62 Å². The summed E-state index contributed by atoms with van der Waals surface area (Å²) in [6.45, 7) is 2.29. The number of benzene rings is 3. The van der Waals surface area contributed by atoms with Crippen LogP contribution in [-0.2, 0) is 32.6 Å². The van der Waals surface area contributed by atoms with Crippen molar-refractivity contribution in [2.45, 2.75) is 76.9 Å². The van der Waals surface area contributed by atoms with Gasteiger partial charge in [0.2, 0.25) is 21.8 Å². The van der Waals surface area contributed by atoms with E-state index >= 15 is 0 Å². The summed E-state index contributed by atoms with van der Waals surface area (Å²) in [6.07, 6.45) is 6.91. The maximum absolute atomic E-state index is 14.0. The van der Waals surface area contributed by atoms with Gasteiger partial charge >= 0.3 is 0 Å². The third kappa shape index (κ3) is 9.38. The number of rotatable bonds is 13. The molecule has 0 aliphatic heterocycles. The Labute approximate surface area is 255 Å². The van der Waals surface area contributed by atoms with Gasteiger partial charge in [0.1, 0.15) is 11.9 Å². The normalized spacial score (nSPS) is 14.6. The fraction of sp³-hybridized carbons (Fsp3) is 0.412. The van der Waals surface area contributed by atoms with Gasteiger partial charge in [-0.15, -0.1) is 0 Å². The summed E-state index contributed by atoms with van der Waals surface area (Å²) in [4.78, 5) is 29.6. The predicted molar refractivity (Wildman–Crippen MR) is 169 cm³/mol. The highest BCUT2D eigenvalue weighted by molar-refractivity contribution is 7.92. The number of aryl methyl sites for hydroxylation is 1. The molecular formula is C34H42FN3O4S. The molecule has 9 heteroatoms. The van der Waals surface area contributed by atoms with E-state index in [4.69, 9.17) is 0 Å². The SMILES string of the molecule is Cc1ccccc1CN(C(=O)CCCN(c1ccc(F)cc1)S(C)(=O)=O)[C@H](Cc1ccccc1)C(=O)NC1CCCCC1. The van der Waals surface area contributed by atoms with Crippen molar-refractivity contribution in [2.75, 3.05) is 17.1 Å². The Bertz CT molecular complexity index is 1460. The molecule has 2 amide bonds. The zero-order valence-corrected chi connectivity index (χ0v) is 25.9. The van der Waals surface area contributed by atoms with Gasteiger partial charge in [0.15, 0.2) is 0 Å². The number of carbonyl (C=O) groups is 2. The van der Waals surface area contributed by atoms with E-state index in [0.29, 0.717) is 12.1 Å². The molecule has 3 aromatic rings. The van der Waals surface area contributed by atoms with E-state index in [1.807, 2.05) is 61.5 Å². The summed E-state index contributed by atoms with van der Waals surface area (Å²) in [5, 5.41) is 3.24. The molecule has 0 spiro atoms. The van der Waals surface area contributed by atoms with Crippen LogP contribution in [0.1, 0.15) is 61.6 Å². The number of nitrogens with zero attached hydrogens (tertiary/aromatic N) is 2. The topological polar surface area (TPSA) is 86.8 Å². The zero-order valence-electron chi connectivity index (χ0n) is 25.0. The lowest BCUT2D eigenvalue weighted by Gasteiger charge is -2.34. The molecule has 1 saturated carbocycles. The van der Waals surface area contributed by atoms with Crippen molar-refractivity contribution >= 4 is 27.5 Å². The summed E-state index contributed by atoms with van der Waals surface area (Å²) < 4.78 is 39.8. The number of nitrogens with one attached hydrogen (secondary N) is 1. The molecule has 4 rings (SSSR count). The minimum absolute atomic E-state index is 0.0428. The van der Waals surface area contributed by atoms with Gasteiger partial charge in [0.25, 0.3) is 0 Å². The number of amides is 2. The molecule has 1 aliphatic carbocycles. The summed E-state index contributed by atoms with van der Waals surface area (Å²) in [7, 11) is -3.67. The molecule has 0 bridgehead atoms. The van der Waals surface area contributed by atoms with Gasteiger partial charge in [-0.05, 0) is 67.1 Å². The monoisotopic (exact) mass is 607 g/mol. The highest BCUT2D eigenvalue weighted by Gasteiger charge is 2.32. The minimum Gasteiger partial charge on any atom is -0.352 e. The molecule has 230 valence electrons. The van der Waals surface area contributed by atoms with E-state index in [-0.39, 0.29) is 43.8 Å². The Morgan fingerprint density at radius 1 is 0.930 bits per heavy atom. The van der Waals surface area contributed by atoms with Gasteiger partial charge in [0, 0.05) is 32.0 Å². The first-order valence-electron chi connectivity index (χ1n) is 15.0. The largest absolute Gasteiger partial charge is 0.352 e. The van der Waals surface area contributed by atoms with Crippen molar-refractivity contribution in [1.82, 2.24) is 10.2 Å². The molecule has 43 heavy (non-hydrogen) atoms. The first kappa shape index (κ1) is 32.2. The van der Waals surface area contributed by atoms with Crippen molar-refractivity contribution in [3.05, 3.63) is 101 Å². The van der Waals surface area contributed by atoms with Crippen molar-refractivity contribution in [1.29, 1.82) is 0 Å². The smallest absolute Gasteiger partial charge is 0.243 e. The first-order valence-corrected chi connectivity index (χ1v) is 16.9. The number of sulfonamides is 1. The summed E-state index contributed by atoms with van der Waals surface area (Å²) in [6, 6.07) is 22.1. The molecule has 0 saturated heterocycles. The molecule has 0 radical (unpaired) electrons. The maximum atomic E-state index is 14.0. The number of halogens is 1. The van der Waals surface area contributed by atoms with Crippen molar-refractivity contribution in [3.63, 3.8) is 0 Å². The van der Waals surface area contributed by atoms with E-state index in [9.17, 15) is 22.4 Å². The Morgan fingerprint density at radius 3 is 2.23 bits per heavy atom. The fourth-order valence-electron chi connectivity index (χ4n) is 5.68. The average Bonchev–Trinajstić information content (AvgIpc) is 2.99. The third-order valence-corrected chi connectivity index (χ3v) is 9.29. The molecule has 1 aliphatic rings. The average molecular weight is 608 g/mol. The van der Waals surface area contributed by atoms with Crippen LogP contribution >= 0.6 is 0 Å². The van der Waals surface area contributed by atoms with E-state index in [0.717, 1.165) is 48.6 Å². The van der Waals surface area contributed by atoms with Crippen molar-refractivity contribution in [3.8, 4) is 0 Å². The minimum atomic E-state index is -3.67. The Hall–Kier alpha value is -3.72. The van der Waals surface area contributed by atoms with Gasteiger partial charge in [-0.25, -0.2) is 12.8 Å². The molecule has 7 nitrogen and oxygen atoms in total. The van der Waals surface area contributed by atoms with Gasteiger partial charge < -0.3 is 10.2 Å². The Kier molecular flexibility index (Phi) is 11.3. The molecule has 1 fully saturated rings. The second-order valence-corrected chi connectivity index (χ2v) is 13.3. The van der Waals surface area contributed by atoms with Crippen LogP contribution in [0.25, 0.3) is 0 Å². The van der Waals surface area contributed by atoms with Crippen LogP contribution in [0.5, 0.6) is 0 Å². The van der Waals surface area contributed by atoms with Gasteiger partial charge in [-0.2, -0.15) is 0 Å². The Balaban J connectivity index is 1.59. The first-order chi connectivity index (χ1) is 20.6. The lowest BCUT2D eigenvalue weighted by atomic mass is 9.94. The van der Waals surface area contributed by atoms with Gasteiger partial charge in [0.05, 0.1) is 11.9 Å². The van der Waals surface area contributed by atoms with Crippen molar-refractivity contribution in [2.24, 2.45) is 0 Å². The third-order valence-electron chi connectivity index (χ3n) is 8.09. The molecule has 0 heterocycles. The lowest BCUT2D eigenvalue weighted by Crippen LogP contribution is -2.53. The number of hydrogen-bond acceptors (Lipinski definition) is 4. The highest BCUT2D eigenvalue weighted by atomic mass is 32.2. The van der Waals surface area contributed by atoms with Crippen LogP contribution in [0, 0.1) is 12.7 Å². The van der Waals surface area contributed by atoms with Crippen LogP contribution in [-0.4, -0.2) is 50.0 Å².